The predicted molar refractivity (Wildman–Crippen MR) is 68.6 cm³/mol. The van der Waals surface area contributed by atoms with Crippen molar-refractivity contribution in [2.24, 2.45) is 0 Å². The highest BCUT2D eigenvalue weighted by Crippen LogP contribution is 2.15. The molecule has 2 N–H and O–H groups in total. The molecular formula is C12H15N5. The highest BCUT2D eigenvalue weighted by molar-refractivity contribution is 5.56. The van der Waals surface area contributed by atoms with Crippen molar-refractivity contribution in [3.05, 3.63) is 35.9 Å². The van der Waals surface area contributed by atoms with E-state index in [9.17, 15) is 0 Å². The van der Waals surface area contributed by atoms with Gasteiger partial charge < -0.3 is 10.6 Å². The molecule has 5 nitrogen and oxygen atoms in total. The molecule has 2 aromatic heterocycles. The number of hydrogen-bond acceptors (Lipinski definition) is 5. The molecule has 5 heteroatoms. The molecule has 2 heterocycles. The fraction of sp³-hybridized carbons (Fsp3) is 0.250. The van der Waals surface area contributed by atoms with Crippen LogP contribution >= 0.6 is 0 Å². The van der Waals surface area contributed by atoms with Crippen molar-refractivity contribution in [1.82, 2.24) is 15.0 Å². The van der Waals surface area contributed by atoms with E-state index in [4.69, 9.17) is 0 Å². The van der Waals surface area contributed by atoms with Crippen LogP contribution in [0.2, 0.25) is 0 Å². The summed E-state index contributed by atoms with van der Waals surface area (Å²) in [5.41, 5.74) is 1.85. The van der Waals surface area contributed by atoms with E-state index in [0.29, 0.717) is 0 Å². The quantitative estimate of drug-likeness (QED) is 0.845. The topological polar surface area (TPSA) is 62.7 Å². The first kappa shape index (κ1) is 11.3. The van der Waals surface area contributed by atoms with Crippen molar-refractivity contribution < 1.29 is 0 Å². The Labute approximate surface area is 100 Å². The van der Waals surface area contributed by atoms with Crippen LogP contribution in [0.15, 0.2) is 24.4 Å². The molecule has 0 aliphatic heterocycles. The van der Waals surface area contributed by atoms with Gasteiger partial charge in [-0.3, -0.25) is 0 Å². The van der Waals surface area contributed by atoms with Crippen LogP contribution in [0.1, 0.15) is 11.5 Å². The van der Waals surface area contributed by atoms with Crippen LogP contribution in [0.5, 0.6) is 0 Å². The van der Waals surface area contributed by atoms with Gasteiger partial charge in [0.15, 0.2) is 0 Å². The number of aryl methyl sites for hydroxylation is 2. The van der Waals surface area contributed by atoms with Gasteiger partial charge in [-0.05, 0) is 26.0 Å². The molecule has 0 unspecified atom stereocenters. The molecule has 0 spiro atoms. The van der Waals surface area contributed by atoms with Gasteiger partial charge in [-0.15, -0.1) is 0 Å². The van der Waals surface area contributed by atoms with Gasteiger partial charge in [0.25, 0.3) is 0 Å². The summed E-state index contributed by atoms with van der Waals surface area (Å²) in [5.74, 6) is 2.38. The van der Waals surface area contributed by atoms with Crippen molar-refractivity contribution >= 4 is 17.3 Å². The van der Waals surface area contributed by atoms with Gasteiger partial charge >= 0.3 is 0 Å². The molecule has 0 amide bonds. The van der Waals surface area contributed by atoms with Gasteiger partial charge in [-0.1, -0.05) is 0 Å². The summed E-state index contributed by atoms with van der Waals surface area (Å²) in [6.45, 7) is 3.82. The number of anilines is 3. The third-order valence-electron chi connectivity index (χ3n) is 2.26. The molecule has 2 rings (SSSR count). The average Bonchev–Trinajstić information content (AvgIpc) is 2.28. The van der Waals surface area contributed by atoms with E-state index >= 15 is 0 Å². The lowest BCUT2D eigenvalue weighted by atomic mass is 10.3. The number of pyridine rings is 1. The molecule has 0 saturated carbocycles. The van der Waals surface area contributed by atoms with Gasteiger partial charge in [-0.25, -0.2) is 15.0 Å². The maximum Gasteiger partial charge on any atom is 0.134 e. The van der Waals surface area contributed by atoms with Gasteiger partial charge in [-0.2, -0.15) is 0 Å². The smallest absolute Gasteiger partial charge is 0.134 e. The number of nitrogens with zero attached hydrogens (tertiary/aromatic N) is 3. The highest BCUT2D eigenvalue weighted by atomic mass is 15.0. The van der Waals surface area contributed by atoms with Crippen molar-refractivity contribution in [3.8, 4) is 0 Å². The Bertz CT molecular complexity index is 487. The summed E-state index contributed by atoms with van der Waals surface area (Å²) < 4.78 is 0. The highest BCUT2D eigenvalue weighted by Gasteiger charge is 2.00. The summed E-state index contributed by atoms with van der Waals surface area (Å²) in [7, 11) is 1.84. The second kappa shape index (κ2) is 4.78. The van der Waals surface area contributed by atoms with E-state index in [2.05, 4.69) is 25.6 Å². The second-order valence-electron chi connectivity index (χ2n) is 3.75. The maximum absolute atomic E-state index is 4.31. The minimum absolute atomic E-state index is 0.757. The Balaban J connectivity index is 2.19. The first-order valence-electron chi connectivity index (χ1n) is 5.40. The van der Waals surface area contributed by atoms with Gasteiger partial charge in [0.05, 0.1) is 11.9 Å². The normalized spacial score (nSPS) is 10.1. The number of rotatable bonds is 3. The molecule has 0 saturated heterocycles. The molecule has 17 heavy (non-hydrogen) atoms. The summed E-state index contributed by atoms with van der Waals surface area (Å²) in [4.78, 5) is 12.8. The monoisotopic (exact) mass is 229 g/mol. The van der Waals surface area contributed by atoms with Crippen molar-refractivity contribution in [2.75, 3.05) is 17.7 Å². The molecule has 0 atom stereocenters. The van der Waals surface area contributed by atoms with Gasteiger partial charge in [0, 0.05) is 18.8 Å². The largest absolute Gasteiger partial charge is 0.373 e. The van der Waals surface area contributed by atoms with Gasteiger partial charge in [0.2, 0.25) is 0 Å². The van der Waals surface area contributed by atoms with Crippen molar-refractivity contribution in [3.63, 3.8) is 0 Å². The second-order valence-corrected chi connectivity index (χ2v) is 3.75. The lowest BCUT2D eigenvalue weighted by molar-refractivity contribution is 1.01. The third kappa shape index (κ3) is 2.90. The van der Waals surface area contributed by atoms with Crippen molar-refractivity contribution in [2.45, 2.75) is 13.8 Å². The lowest BCUT2D eigenvalue weighted by Crippen LogP contribution is -1.99. The Morgan fingerprint density at radius 2 is 1.88 bits per heavy atom. The summed E-state index contributed by atoms with van der Waals surface area (Å²) in [6, 6.07) is 5.76. The van der Waals surface area contributed by atoms with E-state index in [1.54, 1.807) is 6.20 Å². The first-order chi connectivity index (χ1) is 8.17. The van der Waals surface area contributed by atoms with Crippen LogP contribution in [0.4, 0.5) is 17.3 Å². The van der Waals surface area contributed by atoms with Crippen LogP contribution < -0.4 is 10.6 Å². The summed E-state index contributed by atoms with van der Waals surface area (Å²) in [5, 5.41) is 6.17. The standard InChI is InChI=1S/C12H15N5/c1-8-6-12(16-9(2)15-8)17-10-4-5-11(13-3)14-7-10/h4-7H,1-3H3,(H,13,14)(H,15,16,17). The zero-order chi connectivity index (χ0) is 12.3. The van der Waals surface area contributed by atoms with Crippen LogP contribution in [0.25, 0.3) is 0 Å². The molecular weight excluding hydrogens is 214 g/mol. The van der Waals surface area contributed by atoms with Crippen molar-refractivity contribution in [1.29, 1.82) is 0 Å². The number of hydrogen-bond donors (Lipinski definition) is 2. The minimum atomic E-state index is 0.757. The van der Waals surface area contributed by atoms with Crippen LogP contribution in [-0.4, -0.2) is 22.0 Å². The zero-order valence-corrected chi connectivity index (χ0v) is 10.2. The van der Waals surface area contributed by atoms with Crippen LogP contribution in [-0.2, 0) is 0 Å². The first-order valence-corrected chi connectivity index (χ1v) is 5.40. The molecule has 0 fully saturated rings. The SMILES string of the molecule is CNc1ccc(Nc2cc(C)nc(C)n2)cn1. The molecule has 0 bridgehead atoms. The van der Waals surface area contributed by atoms with Crippen LogP contribution in [0.3, 0.4) is 0 Å². The molecule has 0 aromatic carbocycles. The average molecular weight is 229 g/mol. The third-order valence-corrected chi connectivity index (χ3v) is 2.26. The van der Waals surface area contributed by atoms with E-state index in [1.807, 2.05) is 39.1 Å². The predicted octanol–water partition coefficient (Wildman–Crippen LogP) is 2.27. The molecule has 0 radical (unpaired) electrons. The molecule has 2 aromatic rings. The lowest BCUT2D eigenvalue weighted by Gasteiger charge is -2.07. The van der Waals surface area contributed by atoms with E-state index in [0.717, 1.165) is 28.8 Å². The fourth-order valence-corrected chi connectivity index (χ4v) is 1.54. The number of aromatic nitrogens is 3. The number of nitrogens with one attached hydrogen (secondary N) is 2. The minimum Gasteiger partial charge on any atom is -0.373 e. The summed E-state index contributed by atoms with van der Waals surface area (Å²) >= 11 is 0. The van der Waals surface area contributed by atoms with E-state index in [1.165, 1.54) is 0 Å². The van der Waals surface area contributed by atoms with Crippen LogP contribution in [0, 0.1) is 13.8 Å². The Hall–Kier alpha value is -2.17. The van der Waals surface area contributed by atoms with E-state index < -0.39 is 0 Å². The fourth-order valence-electron chi connectivity index (χ4n) is 1.54. The van der Waals surface area contributed by atoms with E-state index in [-0.39, 0.29) is 0 Å². The zero-order valence-electron chi connectivity index (χ0n) is 10.2. The Morgan fingerprint density at radius 3 is 2.47 bits per heavy atom. The Kier molecular flexibility index (Phi) is 3.18. The molecule has 0 aliphatic carbocycles. The maximum atomic E-state index is 4.31. The summed E-state index contributed by atoms with van der Waals surface area (Å²) in [6.07, 6.45) is 1.76. The van der Waals surface area contributed by atoms with Gasteiger partial charge in [0.1, 0.15) is 17.5 Å². The molecule has 88 valence electrons. The Morgan fingerprint density at radius 1 is 1.06 bits per heavy atom. The molecule has 0 aliphatic rings.